The second-order valence-corrected chi connectivity index (χ2v) is 7.16. The number of hydrogen-bond donors (Lipinski definition) is 2. The minimum Gasteiger partial charge on any atom is -0.385 e. The minimum absolute atomic E-state index is 0.0691. The summed E-state index contributed by atoms with van der Waals surface area (Å²) in [4.78, 5) is 22.3. The topological polar surface area (TPSA) is 69.2 Å². The molecule has 2 N–H and O–H groups in total. The second-order valence-electron chi connectivity index (χ2n) is 7.16. The molecule has 1 aromatic heterocycles. The maximum atomic E-state index is 12.8. The van der Waals surface area contributed by atoms with Gasteiger partial charge in [0.25, 0.3) is 5.91 Å². The van der Waals surface area contributed by atoms with Crippen molar-refractivity contribution in [2.24, 2.45) is 0 Å². The van der Waals surface area contributed by atoms with Gasteiger partial charge < -0.3 is 15.0 Å². The Kier molecular flexibility index (Phi) is 4.54. The number of benzene rings is 2. The Morgan fingerprint density at radius 1 is 1.22 bits per heavy atom. The fourth-order valence-corrected chi connectivity index (χ4v) is 3.38. The van der Waals surface area contributed by atoms with E-state index in [0.29, 0.717) is 17.9 Å². The summed E-state index contributed by atoms with van der Waals surface area (Å²) in [5, 5.41) is 9.71. The molecule has 0 saturated carbocycles. The van der Waals surface area contributed by atoms with Crippen molar-refractivity contribution in [3.63, 3.8) is 0 Å². The molecule has 5 nitrogen and oxygen atoms in total. The maximum Gasteiger partial charge on any atom is 0.254 e. The van der Waals surface area contributed by atoms with Crippen LogP contribution in [0.15, 0.2) is 54.1 Å². The Labute approximate surface area is 158 Å². The molecule has 5 heteroatoms. The van der Waals surface area contributed by atoms with Gasteiger partial charge in [-0.15, -0.1) is 0 Å². The number of rotatable bonds is 3. The smallest absolute Gasteiger partial charge is 0.254 e. The first kappa shape index (κ1) is 17.5. The summed E-state index contributed by atoms with van der Waals surface area (Å²) < 4.78 is 0. The number of imidazole rings is 1. The monoisotopic (exact) mass is 361 g/mol. The molecule has 0 fully saturated rings. The normalized spacial score (nSPS) is 15.7. The molecule has 1 amide bonds. The molecule has 0 saturated heterocycles. The van der Waals surface area contributed by atoms with Crippen LogP contribution in [0.2, 0.25) is 0 Å². The zero-order valence-electron chi connectivity index (χ0n) is 15.6. The van der Waals surface area contributed by atoms with Crippen LogP contribution in [0.4, 0.5) is 0 Å². The van der Waals surface area contributed by atoms with E-state index in [9.17, 15) is 9.90 Å². The Balaban J connectivity index is 1.64. The van der Waals surface area contributed by atoms with E-state index in [0.717, 1.165) is 35.1 Å². The second kappa shape index (κ2) is 7.00. The number of hydrogen-bond acceptors (Lipinski definition) is 3. The van der Waals surface area contributed by atoms with E-state index in [-0.39, 0.29) is 5.91 Å². The highest BCUT2D eigenvalue weighted by Gasteiger charge is 2.18. The maximum absolute atomic E-state index is 12.8. The Morgan fingerprint density at radius 3 is 2.78 bits per heavy atom. The molecule has 3 aromatic rings. The van der Waals surface area contributed by atoms with Crippen LogP contribution >= 0.6 is 0 Å². The summed E-state index contributed by atoms with van der Waals surface area (Å²) in [6.45, 7) is 5.24. The number of aromatic amines is 1. The molecule has 2 heterocycles. The third-order valence-electron chi connectivity index (χ3n) is 5.06. The number of fused-ring (bicyclic) bond motifs is 1. The molecule has 138 valence electrons. The fourth-order valence-electron chi connectivity index (χ4n) is 3.38. The number of aromatic nitrogens is 2. The van der Waals surface area contributed by atoms with Crippen LogP contribution in [0.25, 0.3) is 22.2 Å². The molecule has 1 atom stereocenters. The SMILES string of the molecule is CC1=CCN(C(=O)c2cccc(-c3ccc4nc([C@@H](C)O)[nH]c4c3)c2)CC1. The van der Waals surface area contributed by atoms with Crippen LogP contribution < -0.4 is 0 Å². The van der Waals surface area contributed by atoms with Gasteiger partial charge in [-0.1, -0.05) is 29.8 Å². The molecule has 0 spiro atoms. The lowest BCUT2D eigenvalue weighted by Crippen LogP contribution is -2.34. The number of aliphatic hydroxyl groups excluding tert-OH is 1. The Morgan fingerprint density at radius 2 is 2.04 bits per heavy atom. The van der Waals surface area contributed by atoms with Crippen molar-refractivity contribution in [2.45, 2.75) is 26.4 Å². The van der Waals surface area contributed by atoms with Crippen molar-refractivity contribution in [3.8, 4) is 11.1 Å². The van der Waals surface area contributed by atoms with Gasteiger partial charge in [0.1, 0.15) is 11.9 Å². The molecule has 1 aliphatic heterocycles. The minimum atomic E-state index is -0.635. The number of amides is 1. The van der Waals surface area contributed by atoms with Crippen LogP contribution in [0.5, 0.6) is 0 Å². The number of nitrogens with one attached hydrogen (secondary N) is 1. The number of aliphatic hydroxyl groups is 1. The van der Waals surface area contributed by atoms with Crippen LogP contribution in [0, 0.1) is 0 Å². The van der Waals surface area contributed by atoms with Crippen molar-refractivity contribution >= 4 is 16.9 Å². The van der Waals surface area contributed by atoms with Crippen molar-refractivity contribution in [1.29, 1.82) is 0 Å². The number of carbonyl (C=O) groups is 1. The lowest BCUT2D eigenvalue weighted by atomic mass is 10.0. The summed E-state index contributed by atoms with van der Waals surface area (Å²) in [7, 11) is 0. The molecule has 4 rings (SSSR count). The fraction of sp³-hybridized carbons (Fsp3) is 0.273. The van der Waals surface area contributed by atoms with Gasteiger partial charge in [0, 0.05) is 18.7 Å². The summed E-state index contributed by atoms with van der Waals surface area (Å²) in [6.07, 6.45) is 2.43. The van der Waals surface area contributed by atoms with E-state index in [1.54, 1.807) is 6.92 Å². The highest BCUT2D eigenvalue weighted by molar-refractivity contribution is 5.96. The summed E-state index contributed by atoms with van der Waals surface area (Å²) in [5.74, 6) is 0.624. The molecule has 27 heavy (non-hydrogen) atoms. The number of H-pyrrole nitrogens is 1. The standard InChI is InChI=1S/C22H23N3O2/c1-14-8-10-25(11-9-14)22(27)18-5-3-4-16(12-18)17-6-7-19-20(13-17)24-21(23-19)15(2)26/h3-8,12-13,15,26H,9-11H2,1-2H3,(H,23,24)/t15-/m1/s1. The van der Waals surface area contributed by atoms with Gasteiger partial charge in [0.15, 0.2) is 0 Å². The summed E-state index contributed by atoms with van der Waals surface area (Å²) in [6, 6.07) is 13.7. The number of carbonyl (C=O) groups excluding carboxylic acids is 1. The first-order valence-corrected chi connectivity index (χ1v) is 9.24. The summed E-state index contributed by atoms with van der Waals surface area (Å²) in [5.41, 5.74) is 5.73. The molecule has 0 bridgehead atoms. The van der Waals surface area contributed by atoms with Gasteiger partial charge in [-0.3, -0.25) is 4.79 Å². The molecule has 0 aliphatic carbocycles. The molecular weight excluding hydrogens is 338 g/mol. The van der Waals surface area contributed by atoms with Gasteiger partial charge in [-0.2, -0.15) is 0 Å². The lowest BCUT2D eigenvalue weighted by molar-refractivity contribution is 0.0769. The Hall–Kier alpha value is -2.92. The molecule has 0 radical (unpaired) electrons. The van der Waals surface area contributed by atoms with Gasteiger partial charge >= 0.3 is 0 Å². The van der Waals surface area contributed by atoms with E-state index >= 15 is 0 Å². The van der Waals surface area contributed by atoms with E-state index < -0.39 is 6.10 Å². The number of nitrogens with zero attached hydrogens (tertiary/aromatic N) is 2. The summed E-state index contributed by atoms with van der Waals surface area (Å²) >= 11 is 0. The van der Waals surface area contributed by atoms with Crippen molar-refractivity contribution < 1.29 is 9.90 Å². The predicted octanol–water partition coefficient (Wildman–Crippen LogP) is 4.08. The third kappa shape index (κ3) is 3.51. The predicted molar refractivity (Wildman–Crippen MR) is 106 cm³/mol. The van der Waals surface area contributed by atoms with E-state index in [1.165, 1.54) is 5.57 Å². The van der Waals surface area contributed by atoms with Crippen LogP contribution in [0.3, 0.4) is 0 Å². The first-order chi connectivity index (χ1) is 13.0. The quantitative estimate of drug-likeness (QED) is 0.691. The lowest BCUT2D eigenvalue weighted by Gasteiger charge is -2.25. The average molecular weight is 361 g/mol. The Bertz CT molecular complexity index is 1030. The zero-order chi connectivity index (χ0) is 19.0. The van der Waals surface area contributed by atoms with Gasteiger partial charge in [0.05, 0.1) is 11.0 Å². The van der Waals surface area contributed by atoms with Crippen molar-refractivity contribution in [1.82, 2.24) is 14.9 Å². The average Bonchev–Trinajstić information content (AvgIpc) is 3.12. The molecule has 0 unspecified atom stereocenters. The van der Waals surface area contributed by atoms with E-state index in [2.05, 4.69) is 23.0 Å². The molecule has 1 aliphatic rings. The highest BCUT2D eigenvalue weighted by atomic mass is 16.3. The molecule has 2 aromatic carbocycles. The van der Waals surface area contributed by atoms with Gasteiger partial charge in [-0.05, 0) is 55.7 Å². The van der Waals surface area contributed by atoms with Crippen LogP contribution in [0.1, 0.15) is 42.6 Å². The van der Waals surface area contributed by atoms with E-state index in [1.807, 2.05) is 47.4 Å². The molecular formula is C22H23N3O2. The first-order valence-electron chi connectivity index (χ1n) is 9.24. The van der Waals surface area contributed by atoms with Crippen LogP contribution in [-0.2, 0) is 0 Å². The van der Waals surface area contributed by atoms with Gasteiger partial charge in [-0.25, -0.2) is 4.98 Å². The van der Waals surface area contributed by atoms with Crippen molar-refractivity contribution in [3.05, 3.63) is 65.5 Å². The van der Waals surface area contributed by atoms with Crippen molar-refractivity contribution in [2.75, 3.05) is 13.1 Å². The zero-order valence-corrected chi connectivity index (χ0v) is 15.6. The van der Waals surface area contributed by atoms with Crippen LogP contribution in [-0.4, -0.2) is 39.0 Å². The highest BCUT2D eigenvalue weighted by Crippen LogP contribution is 2.26. The van der Waals surface area contributed by atoms with Gasteiger partial charge in [0.2, 0.25) is 0 Å². The van der Waals surface area contributed by atoms with E-state index in [4.69, 9.17) is 0 Å². The largest absolute Gasteiger partial charge is 0.385 e. The third-order valence-corrected chi connectivity index (χ3v) is 5.06.